The summed E-state index contributed by atoms with van der Waals surface area (Å²) in [6.07, 6.45) is 1.88. The first kappa shape index (κ1) is 19.7. The van der Waals surface area contributed by atoms with E-state index in [2.05, 4.69) is 15.9 Å². The molecule has 0 heterocycles. The van der Waals surface area contributed by atoms with Gasteiger partial charge in [0.15, 0.2) is 0 Å². The molecule has 1 amide bonds. The fourth-order valence-electron chi connectivity index (χ4n) is 2.27. The number of hydrogen-bond acceptors (Lipinski definition) is 4. The Hall–Kier alpha value is -2.60. The Bertz CT molecular complexity index is 803. The van der Waals surface area contributed by atoms with Crippen LogP contribution in [0.25, 0.3) is 6.08 Å². The van der Waals surface area contributed by atoms with E-state index in [9.17, 15) is 9.59 Å². The molecule has 26 heavy (non-hydrogen) atoms. The first-order valence-electron chi connectivity index (χ1n) is 7.90. The maximum atomic E-state index is 12.4. The number of ether oxygens (including phenoxy) is 2. The summed E-state index contributed by atoms with van der Waals surface area (Å²) in [6, 6.07) is 14.4. The lowest BCUT2D eigenvalue weighted by atomic mass is 10.1. The van der Waals surface area contributed by atoms with Crippen molar-refractivity contribution in [3.8, 4) is 5.75 Å². The van der Waals surface area contributed by atoms with Crippen LogP contribution in [0.1, 0.15) is 17.2 Å². The summed E-state index contributed by atoms with van der Waals surface area (Å²) >= 11 is 3.38. The number of carbonyl (C=O) groups is 2. The van der Waals surface area contributed by atoms with Gasteiger partial charge in [-0.2, -0.15) is 0 Å². The van der Waals surface area contributed by atoms with Crippen molar-refractivity contribution < 1.29 is 19.1 Å². The number of esters is 1. The van der Waals surface area contributed by atoms with Gasteiger partial charge in [-0.1, -0.05) is 46.3 Å². The normalized spacial score (nSPS) is 11.8. The molecule has 0 aliphatic rings. The van der Waals surface area contributed by atoms with Crippen molar-refractivity contribution in [3.63, 3.8) is 0 Å². The lowest BCUT2D eigenvalue weighted by molar-refractivity contribution is -0.155. The zero-order chi connectivity index (χ0) is 19.1. The number of halogens is 1. The predicted octanol–water partition coefficient (Wildman–Crippen LogP) is 3.84. The third kappa shape index (κ3) is 5.20. The van der Waals surface area contributed by atoms with Gasteiger partial charge in [-0.15, -0.1) is 0 Å². The monoisotopic (exact) mass is 417 g/mol. The Balaban J connectivity index is 2.20. The Morgan fingerprint density at radius 2 is 1.81 bits per heavy atom. The zero-order valence-electron chi connectivity index (χ0n) is 14.8. The number of benzene rings is 2. The van der Waals surface area contributed by atoms with Crippen molar-refractivity contribution in [1.29, 1.82) is 0 Å². The molecular weight excluding hydrogens is 398 g/mol. The smallest absolute Gasteiger partial charge is 0.331 e. The molecule has 136 valence electrons. The Labute approximate surface area is 161 Å². The maximum Gasteiger partial charge on any atom is 0.331 e. The van der Waals surface area contributed by atoms with Crippen LogP contribution >= 0.6 is 15.9 Å². The van der Waals surface area contributed by atoms with Crippen molar-refractivity contribution in [2.75, 3.05) is 21.2 Å². The molecule has 2 aromatic rings. The highest BCUT2D eigenvalue weighted by atomic mass is 79.9. The van der Waals surface area contributed by atoms with Crippen molar-refractivity contribution >= 4 is 33.9 Å². The molecular formula is C20H20BrNO4. The molecule has 0 saturated heterocycles. The van der Waals surface area contributed by atoms with Gasteiger partial charge in [0.2, 0.25) is 6.10 Å². The van der Waals surface area contributed by atoms with Crippen molar-refractivity contribution in [2.24, 2.45) is 0 Å². The minimum Gasteiger partial charge on any atom is -0.496 e. The molecule has 5 nitrogen and oxygen atoms in total. The van der Waals surface area contributed by atoms with Crippen LogP contribution in [0, 0.1) is 0 Å². The second kappa shape index (κ2) is 9.20. The highest BCUT2D eigenvalue weighted by Gasteiger charge is 2.25. The van der Waals surface area contributed by atoms with Gasteiger partial charge in [0.25, 0.3) is 5.91 Å². The van der Waals surface area contributed by atoms with Crippen LogP contribution in [0.15, 0.2) is 59.1 Å². The standard InChI is InChI=1S/C20H20BrNO4/c1-22(2)20(24)19(14-7-5-4-6-8-14)26-18(23)12-9-15-13-16(21)10-11-17(15)25-3/h4-13,19H,1-3H3/b12-9+/t19-/m0/s1. The lowest BCUT2D eigenvalue weighted by Gasteiger charge is -2.20. The molecule has 0 aliphatic heterocycles. The average Bonchev–Trinajstić information content (AvgIpc) is 2.64. The number of carbonyl (C=O) groups excluding carboxylic acids is 2. The summed E-state index contributed by atoms with van der Waals surface area (Å²) in [5.74, 6) is -0.296. The highest BCUT2D eigenvalue weighted by Crippen LogP contribution is 2.25. The van der Waals surface area contributed by atoms with Crippen LogP contribution in [0.3, 0.4) is 0 Å². The number of rotatable bonds is 6. The van der Waals surface area contributed by atoms with Gasteiger partial charge in [-0.25, -0.2) is 4.79 Å². The minimum absolute atomic E-state index is 0.307. The molecule has 0 N–H and O–H groups in total. The predicted molar refractivity (Wildman–Crippen MR) is 104 cm³/mol. The summed E-state index contributed by atoms with van der Waals surface area (Å²) in [5, 5.41) is 0. The largest absolute Gasteiger partial charge is 0.496 e. The van der Waals surface area contributed by atoms with Crippen LogP contribution in [0.2, 0.25) is 0 Å². The topological polar surface area (TPSA) is 55.8 Å². The molecule has 0 spiro atoms. The molecule has 0 fully saturated rings. The van der Waals surface area contributed by atoms with E-state index < -0.39 is 12.1 Å². The van der Waals surface area contributed by atoms with E-state index in [1.165, 1.54) is 11.0 Å². The molecule has 2 rings (SSSR count). The van der Waals surface area contributed by atoms with E-state index in [-0.39, 0.29) is 5.91 Å². The summed E-state index contributed by atoms with van der Waals surface area (Å²) in [5.41, 5.74) is 1.34. The molecule has 0 radical (unpaired) electrons. The zero-order valence-corrected chi connectivity index (χ0v) is 16.4. The fraction of sp³-hybridized carbons (Fsp3) is 0.200. The van der Waals surface area contributed by atoms with E-state index in [1.54, 1.807) is 57.6 Å². The van der Waals surface area contributed by atoms with E-state index in [0.717, 1.165) is 4.47 Å². The summed E-state index contributed by atoms with van der Waals surface area (Å²) in [6.45, 7) is 0. The van der Waals surface area contributed by atoms with Gasteiger partial charge in [0.05, 0.1) is 7.11 Å². The fourth-order valence-corrected chi connectivity index (χ4v) is 2.65. The van der Waals surface area contributed by atoms with Crippen molar-refractivity contribution in [2.45, 2.75) is 6.10 Å². The minimum atomic E-state index is -0.993. The van der Waals surface area contributed by atoms with E-state index in [0.29, 0.717) is 16.9 Å². The van der Waals surface area contributed by atoms with Gasteiger partial charge in [-0.05, 0) is 24.3 Å². The first-order chi connectivity index (χ1) is 12.4. The van der Waals surface area contributed by atoms with Gasteiger partial charge in [0, 0.05) is 35.8 Å². The number of amides is 1. The van der Waals surface area contributed by atoms with Gasteiger partial charge in [0.1, 0.15) is 5.75 Å². The molecule has 6 heteroatoms. The van der Waals surface area contributed by atoms with Gasteiger partial charge >= 0.3 is 5.97 Å². The number of nitrogens with zero attached hydrogens (tertiary/aromatic N) is 1. The van der Waals surface area contributed by atoms with Gasteiger partial charge < -0.3 is 14.4 Å². The second-order valence-electron chi connectivity index (χ2n) is 5.68. The second-order valence-corrected chi connectivity index (χ2v) is 6.60. The Morgan fingerprint density at radius 1 is 1.12 bits per heavy atom. The summed E-state index contributed by atoms with van der Waals surface area (Å²) < 4.78 is 11.5. The number of hydrogen-bond donors (Lipinski definition) is 0. The summed E-state index contributed by atoms with van der Waals surface area (Å²) in [7, 11) is 4.79. The molecule has 2 aromatic carbocycles. The molecule has 0 bridgehead atoms. The number of likely N-dealkylation sites (N-methyl/N-ethyl adjacent to an activating group) is 1. The van der Waals surface area contributed by atoms with E-state index >= 15 is 0 Å². The third-order valence-electron chi connectivity index (χ3n) is 3.59. The van der Waals surface area contributed by atoms with Crippen LogP contribution < -0.4 is 4.74 Å². The van der Waals surface area contributed by atoms with Crippen molar-refractivity contribution in [3.05, 3.63) is 70.2 Å². The van der Waals surface area contributed by atoms with E-state index in [4.69, 9.17) is 9.47 Å². The third-order valence-corrected chi connectivity index (χ3v) is 4.09. The first-order valence-corrected chi connectivity index (χ1v) is 8.70. The van der Waals surface area contributed by atoms with Crippen LogP contribution in [-0.2, 0) is 14.3 Å². The molecule has 0 saturated carbocycles. The summed E-state index contributed by atoms with van der Waals surface area (Å²) in [4.78, 5) is 26.1. The highest BCUT2D eigenvalue weighted by molar-refractivity contribution is 9.10. The maximum absolute atomic E-state index is 12.4. The molecule has 0 aliphatic carbocycles. The molecule has 0 aromatic heterocycles. The lowest BCUT2D eigenvalue weighted by Crippen LogP contribution is -2.30. The van der Waals surface area contributed by atoms with Crippen LogP contribution in [-0.4, -0.2) is 38.0 Å². The molecule has 0 unspecified atom stereocenters. The molecule has 1 atom stereocenters. The van der Waals surface area contributed by atoms with Crippen LogP contribution in [0.4, 0.5) is 0 Å². The van der Waals surface area contributed by atoms with Crippen LogP contribution in [0.5, 0.6) is 5.75 Å². The van der Waals surface area contributed by atoms with E-state index in [1.807, 2.05) is 18.2 Å². The Kier molecular flexibility index (Phi) is 6.97. The van der Waals surface area contributed by atoms with Gasteiger partial charge in [-0.3, -0.25) is 4.79 Å². The Morgan fingerprint density at radius 3 is 2.42 bits per heavy atom. The quantitative estimate of drug-likeness (QED) is 0.529. The number of methoxy groups -OCH3 is 1. The van der Waals surface area contributed by atoms with Crippen molar-refractivity contribution in [1.82, 2.24) is 4.90 Å². The SMILES string of the molecule is COc1ccc(Br)cc1/C=C/C(=O)O[C@H](C(=O)N(C)C)c1ccccc1. The average molecular weight is 418 g/mol.